The van der Waals surface area contributed by atoms with Gasteiger partial charge in [0.2, 0.25) is 0 Å². The van der Waals surface area contributed by atoms with Crippen molar-refractivity contribution in [1.29, 1.82) is 0 Å². The van der Waals surface area contributed by atoms with Crippen LogP contribution in [0.15, 0.2) is 62.7 Å². The van der Waals surface area contributed by atoms with E-state index in [1.165, 1.54) is 10.7 Å². The fourth-order valence-corrected chi connectivity index (χ4v) is 3.24. The number of aromatic nitrogens is 3. The maximum Gasteiger partial charge on any atom is 0.289 e. The lowest BCUT2D eigenvalue weighted by molar-refractivity contribution is 0.0426. The zero-order valence-corrected chi connectivity index (χ0v) is 15.3. The van der Waals surface area contributed by atoms with Crippen LogP contribution in [0.2, 0.25) is 0 Å². The highest BCUT2D eigenvalue weighted by Crippen LogP contribution is 2.22. The molecule has 0 bridgehead atoms. The number of likely N-dealkylation sites (tertiary alicyclic amines) is 1. The van der Waals surface area contributed by atoms with Gasteiger partial charge in [-0.1, -0.05) is 0 Å². The van der Waals surface area contributed by atoms with Gasteiger partial charge in [0.05, 0.1) is 12.2 Å². The normalized spacial score (nSPS) is 14.3. The lowest BCUT2D eigenvalue weighted by Crippen LogP contribution is -2.52. The molecule has 7 nitrogen and oxygen atoms in total. The second-order valence-corrected chi connectivity index (χ2v) is 6.94. The number of carbonyl (C=O) groups excluding carboxylic acids is 1. The molecule has 0 aromatic carbocycles. The molecular weight excluding hydrogens is 400 g/mol. The molecule has 0 aliphatic carbocycles. The van der Waals surface area contributed by atoms with Crippen LogP contribution < -0.4 is 5.56 Å². The summed E-state index contributed by atoms with van der Waals surface area (Å²) in [5.41, 5.74) is 1.40. The Morgan fingerprint density at radius 3 is 2.77 bits per heavy atom. The third kappa shape index (κ3) is 3.32. The molecule has 132 valence electrons. The summed E-state index contributed by atoms with van der Waals surface area (Å²) in [5.74, 6) is 0.354. The number of hydrogen-bond donors (Lipinski definition) is 0. The van der Waals surface area contributed by atoms with Gasteiger partial charge in [0.1, 0.15) is 0 Å². The number of nitrogens with zero attached hydrogens (tertiary/aromatic N) is 4. The number of halogens is 1. The molecule has 3 aromatic heterocycles. The van der Waals surface area contributed by atoms with Crippen LogP contribution in [-0.2, 0) is 6.54 Å². The Balaban J connectivity index is 1.43. The first-order valence-corrected chi connectivity index (χ1v) is 8.92. The molecule has 0 atom stereocenters. The second kappa shape index (κ2) is 6.87. The molecule has 26 heavy (non-hydrogen) atoms. The zero-order valence-electron chi connectivity index (χ0n) is 13.7. The van der Waals surface area contributed by atoms with Gasteiger partial charge in [-0.3, -0.25) is 14.6 Å². The van der Waals surface area contributed by atoms with E-state index in [0.29, 0.717) is 35.8 Å². The molecule has 1 saturated heterocycles. The molecule has 0 saturated carbocycles. The minimum absolute atomic E-state index is 0.142. The zero-order chi connectivity index (χ0) is 18.1. The first-order chi connectivity index (χ1) is 12.6. The van der Waals surface area contributed by atoms with Crippen LogP contribution in [0.25, 0.3) is 11.3 Å². The van der Waals surface area contributed by atoms with Crippen molar-refractivity contribution in [3.05, 3.63) is 69.6 Å². The van der Waals surface area contributed by atoms with Crippen molar-refractivity contribution in [2.75, 3.05) is 13.1 Å². The molecule has 1 aliphatic heterocycles. The Morgan fingerprint density at radius 2 is 2.08 bits per heavy atom. The van der Waals surface area contributed by atoms with Gasteiger partial charge in [-0.25, -0.2) is 4.68 Å². The molecule has 0 spiro atoms. The first kappa shape index (κ1) is 16.7. The van der Waals surface area contributed by atoms with Gasteiger partial charge in [-0.05, 0) is 46.3 Å². The fraction of sp³-hybridized carbons (Fsp3) is 0.222. The van der Waals surface area contributed by atoms with Gasteiger partial charge in [-0.15, -0.1) is 0 Å². The number of furan rings is 1. The SMILES string of the molecule is O=C(c1ccc(Br)o1)N1CC(Cn2nc(-c3cccnc3)ccc2=O)C1. The van der Waals surface area contributed by atoms with Crippen molar-refractivity contribution in [2.24, 2.45) is 5.92 Å². The molecule has 4 heterocycles. The van der Waals surface area contributed by atoms with E-state index < -0.39 is 0 Å². The Labute approximate surface area is 157 Å². The van der Waals surface area contributed by atoms with Crippen molar-refractivity contribution in [3.8, 4) is 11.3 Å². The molecule has 1 aliphatic rings. The highest BCUT2D eigenvalue weighted by atomic mass is 79.9. The average Bonchev–Trinajstić information content (AvgIpc) is 3.06. The van der Waals surface area contributed by atoms with Crippen LogP contribution in [0.3, 0.4) is 0 Å². The van der Waals surface area contributed by atoms with Crippen LogP contribution in [0, 0.1) is 5.92 Å². The maximum absolute atomic E-state index is 12.3. The summed E-state index contributed by atoms with van der Waals surface area (Å²) in [6, 6.07) is 10.3. The number of rotatable bonds is 4. The molecule has 8 heteroatoms. The van der Waals surface area contributed by atoms with Crippen LogP contribution in [0.1, 0.15) is 10.6 Å². The third-order valence-corrected chi connectivity index (χ3v) is 4.71. The summed E-state index contributed by atoms with van der Waals surface area (Å²) in [4.78, 5) is 30.1. The smallest absolute Gasteiger partial charge is 0.289 e. The first-order valence-electron chi connectivity index (χ1n) is 8.13. The quantitative estimate of drug-likeness (QED) is 0.654. The van der Waals surface area contributed by atoms with Crippen LogP contribution in [-0.4, -0.2) is 38.7 Å². The maximum atomic E-state index is 12.3. The van der Waals surface area contributed by atoms with Crippen molar-refractivity contribution in [2.45, 2.75) is 6.54 Å². The van der Waals surface area contributed by atoms with E-state index in [9.17, 15) is 9.59 Å². The summed E-state index contributed by atoms with van der Waals surface area (Å²) < 4.78 is 7.28. The van der Waals surface area contributed by atoms with Crippen LogP contribution in [0.5, 0.6) is 0 Å². The predicted molar refractivity (Wildman–Crippen MR) is 97.5 cm³/mol. The Bertz CT molecular complexity index is 993. The van der Waals surface area contributed by atoms with Crippen LogP contribution >= 0.6 is 15.9 Å². The summed E-state index contributed by atoms with van der Waals surface area (Å²) in [5, 5.41) is 4.43. The standard InChI is InChI=1S/C18H15BrN4O3/c19-16-5-4-15(26-16)18(25)22-9-12(10-22)11-23-17(24)6-3-14(21-23)13-2-1-7-20-8-13/h1-8,12H,9-11H2. The van der Waals surface area contributed by atoms with Crippen molar-refractivity contribution < 1.29 is 9.21 Å². The average molecular weight is 415 g/mol. The highest BCUT2D eigenvalue weighted by molar-refractivity contribution is 9.10. The lowest BCUT2D eigenvalue weighted by atomic mass is 10.00. The molecular formula is C18H15BrN4O3. The van der Waals surface area contributed by atoms with Gasteiger partial charge in [-0.2, -0.15) is 5.10 Å². The van der Waals surface area contributed by atoms with Gasteiger partial charge >= 0.3 is 0 Å². The monoisotopic (exact) mass is 414 g/mol. The number of hydrogen-bond acceptors (Lipinski definition) is 5. The van der Waals surface area contributed by atoms with Gasteiger partial charge in [0, 0.05) is 43.0 Å². The second-order valence-electron chi connectivity index (χ2n) is 6.16. The predicted octanol–water partition coefficient (Wildman–Crippen LogP) is 2.43. The summed E-state index contributed by atoms with van der Waals surface area (Å²) in [7, 11) is 0. The van der Waals surface area contributed by atoms with Gasteiger partial charge in [0.15, 0.2) is 10.4 Å². The minimum atomic E-state index is -0.155. The lowest BCUT2D eigenvalue weighted by Gasteiger charge is -2.38. The van der Waals surface area contributed by atoms with Crippen molar-refractivity contribution in [1.82, 2.24) is 19.7 Å². The summed E-state index contributed by atoms with van der Waals surface area (Å²) >= 11 is 3.19. The summed E-state index contributed by atoms with van der Waals surface area (Å²) in [6.07, 6.45) is 3.40. The van der Waals surface area contributed by atoms with E-state index >= 15 is 0 Å². The molecule has 4 rings (SSSR count). The highest BCUT2D eigenvalue weighted by Gasteiger charge is 2.33. The number of carbonyl (C=O) groups is 1. The topological polar surface area (TPSA) is 81.2 Å². The largest absolute Gasteiger partial charge is 0.444 e. The van der Waals surface area contributed by atoms with Gasteiger partial charge in [0.25, 0.3) is 11.5 Å². The molecule has 0 unspecified atom stereocenters. The van der Waals surface area contributed by atoms with Gasteiger partial charge < -0.3 is 9.32 Å². The van der Waals surface area contributed by atoms with E-state index in [1.54, 1.807) is 35.5 Å². The molecule has 1 fully saturated rings. The Hall–Kier alpha value is -2.74. The van der Waals surface area contributed by atoms with E-state index in [4.69, 9.17) is 4.42 Å². The Morgan fingerprint density at radius 1 is 1.23 bits per heavy atom. The van der Waals surface area contributed by atoms with E-state index in [-0.39, 0.29) is 17.4 Å². The molecule has 0 N–H and O–H groups in total. The third-order valence-electron chi connectivity index (χ3n) is 4.28. The Kier molecular flexibility index (Phi) is 4.42. The number of pyridine rings is 1. The summed E-state index contributed by atoms with van der Waals surface area (Å²) in [6.45, 7) is 1.61. The minimum Gasteiger partial charge on any atom is -0.444 e. The van der Waals surface area contributed by atoms with E-state index in [1.807, 2.05) is 12.1 Å². The van der Waals surface area contributed by atoms with Crippen molar-refractivity contribution >= 4 is 21.8 Å². The number of amides is 1. The molecule has 3 aromatic rings. The van der Waals surface area contributed by atoms with E-state index in [0.717, 1.165) is 5.56 Å². The van der Waals surface area contributed by atoms with Crippen LogP contribution in [0.4, 0.5) is 0 Å². The molecule has 1 amide bonds. The van der Waals surface area contributed by atoms with Crippen molar-refractivity contribution in [3.63, 3.8) is 0 Å². The van der Waals surface area contributed by atoms with E-state index in [2.05, 4.69) is 26.0 Å². The fourth-order valence-electron chi connectivity index (χ4n) is 2.93. The molecule has 0 radical (unpaired) electrons.